The highest BCUT2D eigenvalue weighted by molar-refractivity contribution is 6.31. The molecule has 3 rings (SSSR count). The van der Waals surface area contributed by atoms with E-state index in [1.165, 1.54) is 0 Å². The number of nitrogens with one attached hydrogen (secondary N) is 2. The van der Waals surface area contributed by atoms with Crippen molar-refractivity contribution in [3.8, 4) is 0 Å². The summed E-state index contributed by atoms with van der Waals surface area (Å²) in [5.74, 6) is -0.166. The molecule has 1 aliphatic rings. The SMILES string of the molecule is Cc1ccc(NC(=O)N2CCC[C@H]2C(=O)Nc2ccccc2)cc1Cl. The number of urea groups is 1. The quantitative estimate of drug-likeness (QED) is 0.861. The maximum atomic E-state index is 12.6. The van der Waals surface area contributed by atoms with Crippen LogP contribution < -0.4 is 10.6 Å². The number of anilines is 2. The van der Waals surface area contributed by atoms with Crippen molar-refractivity contribution in [2.45, 2.75) is 25.8 Å². The third-order valence-electron chi connectivity index (χ3n) is 4.28. The first-order valence-corrected chi connectivity index (χ1v) is 8.62. The molecule has 5 nitrogen and oxygen atoms in total. The molecule has 130 valence electrons. The molecule has 3 amide bonds. The largest absolute Gasteiger partial charge is 0.324 e. The number of hydrogen-bond acceptors (Lipinski definition) is 2. The van der Waals surface area contributed by atoms with Crippen LogP contribution in [-0.4, -0.2) is 29.4 Å². The van der Waals surface area contributed by atoms with Crippen LogP contribution in [0.3, 0.4) is 0 Å². The third kappa shape index (κ3) is 4.12. The van der Waals surface area contributed by atoms with Crippen LogP contribution in [0.1, 0.15) is 18.4 Å². The predicted octanol–water partition coefficient (Wildman–Crippen LogP) is 4.28. The number of halogens is 1. The number of carbonyl (C=O) groups is 2. The number of rotatable bonds is 3. The number of hydrogen-bond donors (Lipinski definition) is 2. The fourth-order valence-corrected chi connectivity index (χ4v) is 3.08. The molecule has 0 aliphatic carbocycles. The topological polar surface area (TPSA) is 61.4 Å². The van der Waals surface area contributed by atoms with Crippen molar-refractivity contribution in [2.24, 2.45) is 0 Å². The molecular formula is C19H20ClN3O2. The van der Waals surface area contributed by atoms with Gasteiger partial charge in [-0.15, -0.1) is 0 Å². The lowest BCUT2D eigenvalue weighted by Crippen LogP contribution is -2.45. The van der Waals surface area contributed by atoms with E-state index in [4.69, 9.17) is 11.6 Å². The van der Waals surface area contributed by atoms with E-state index in [0.29, 0.717) is 23.7 Å². The summed E-state index contributed by atoms with van der Waals surface area (Å²) in [5.41, 5.74) is 2.29. The molecule has 2 aromatic rings. The lowest BCUT2D eigenvalue weighted by Gasteiger charge is -2.24. The van der Waals surface area contributed by atoms with Gasteiger partial charge >= 0.3 is 6.03 Å². The molecule has 0 radical (unpaired) electrons. The summed E-state index contributed by atoms with van der Waals surface area (Å²) in [6.45, 7) is 2.46. The number of nitrogens with zero attached hydrogens (tertiary/aromatic N) is 1. The van der Waals surface area contributed by atoms with Gasteiger partial charge in [-0.3, -0.25) is 4.79 Å². The van der Waals surface area contributed by atoms with Crippen molar-refractivity contribution in [2.75, 3.05) is 17.2 Å². The van der Waals surface area contributed by atoms with Gasteiger partial charge in [0.2, 0.25) is 5.91 Å². The number of para-hydroxylation sites is 1. The van der Waals surface area contributed by atoms with Crippen LogP contribution >= 0.6 is 11.6 Å². The highest BCUT2D eigenvalue weighted by Gasteiger charge is 2.34. The molecule has 2 N–H and O–H groups in total. The van der Waals surface area contributed by atoms with Crippen molar-refractivity contribution in [3.63, 3.8) is 0 Å². The van der Waals surface area contributed by atoms with Crippen molar-refractivity contribution in [1.82, 2.24) is 4.90 Å². The number of benzene rings is 2. The van der Waals surface area contributed by atoms with Gasteiger partial charge in [0.15, 0.2) is 0 Å². The average molecular weight is 358 g/mol. The van der Waals surface area contributed by atoms with Crippen LogP contribution in [0.5, 0.6) is 0 Å². The molecule has 2 aromatic carbocycles. The fourth-order valence-electron chi connectivity index (χ4n) is 2.90. The first kappa shape index (κ1) is 17.3. The Bertz CT molecular complexity index is 779. The van der Waals surface area contributed by atoms with Gasteiger partial charge in [-0.1, -0.05) is 35.9 Å². The minimum atomic E-state index is -0.471. The van der Waals surface area contributed by atoms with Crippen molar-refractivity contribution in [3.05, 3.63) is 59.1 Å². The zero-order valence-electron chi connectivity index (χ0n) is 14.0. The van der Waals surface area contributed by atoms with Gasteiger partial charge in [0.1, 0.15) is 6.04 Å². The van der Waals surface area contributed by atoms with Crippen molar-refractivity contribution in [1.29, 1.82) is 0 Å². The summed E-state index contributed by atoms with van der Waals surface area (Å²) in [6, 6.07) is 13.9. The molecule has 0 aromatic heterocycles. The Hall–Kier alpha value is -2.53. The number of carbonyl (C=O) groups excluding carboxylic acids is 2. The van der Waals surface area contributed by atoms with Crippen LogP contribution in [0.2, 0.25) is 5.02 Å². The van der Waals surface area contributed by atoms with E-state index < -0.39 is 6.04 Å². The summed E-state index contributed by atoms with van der Waals surface area (Å²) >= 11 is 6.10. The van der Waals surface area contributed by atoms with Gasteiger partial charge in [0, 0.05) is 22.9 Å². The van der Waals surface area contributed by atoms with E-state index in [1.807, 2.05) is 43.3 Å². The monoisotopic (exact) mass is 357 g/mol. The Balaban J connectivity index is 1.66. The average Bonchev–Trinajstić information content (AvgIpc) is 3.09. The molecule has 1 fully saturated rings. The molecule has 0 unspecified atom stereocenters. The smallest absolute Gasteiger partial charge is 0.322 e. The first-order chi connectivity index (χ1) is 12.0. The Labute approximate surface area is 152 Å². The molecule has 1 atom stereocenters. The summed E-state index contributed by atoms with van der Waals surface area (Å²) < 4.78 is 0. The molecule has 1 saturated heterocycles. The van der Waals surface area contributed by atoms with Gasteiger partial charge in [-0.05, 0) is 49.6 Å². The van der Waals surface area contributed by atoms with Gasteiger partial charge in [0.05, 0.1) is 0 Å². The molecule has 0 spiro atoms. The van der Waals surface area contributed by atoms with Crippen LogP contribution in [0.25, 0.3) is 0 Å². The standard InChI is InChI=1S/C19H20ClN3O2/c1-13-9-10-15(12-16(13)20)22-19(25)23-11-5-8-17(23)18(24)21-14-6-3-2-4-7-14/h2-4,6-7,9-10,12,17H,5,8,11H2,1H3,(H,21,24)(H,22,25)/t17-/m0/s1. The molecule has 0 saturated carbocycles. The Morgan fingerprint density at radius 2 is 1.84 bits per heavy atom. The number of likely N-dealkylation sites (tertiary alicyclic amines) is 1. The normalized spacial score (nSPS) is 16.6. The zero-order chi connectivity index (χ0) is 17.8. The molecule has 6 heteroatoms. The minimum Gasteiger partial charge on any atom is -0.324 e. The summed E-state index contributed by atoms with van der Waals surface area (Å²) in [5, 5.41) is 6.29. The molecule has 0 bridgehead atoms. The first-order valence-electron chi connectivity index (χ1n) is 8.24. The van der Waals surface area contributed by atoms with Crippen molar-refractivity contribution < 1.29 is 9.59 Å². The van der Waals surface area contributed by atoms with E-state index in [2.05, 4.69) is 10.6 Å². The molecule has 1 aliphatic heterocycles. The Morgan fingerprint density at radius 1 is 1.08 bits per heavy atom. The second-order valence-electron chi connectivity index (χ2n) is 6.10. The van der Waals surface area contributed by atoms with E-state index >= 15 is 0 Å². The van der Waals surface area contributed by atoms with E-state index in [1.54, 1.807) is 17.0 Å². The maximum Gasteiger partial charge on any atom is 0.322 e. The van der Waals surface area contributed by atoms with Gasteiger partial charge < -0.3 is 15.5 Å². The summed E-state index contributed by atoms with van der Waals surface area (Å²) in [7, 11) is 0. The van der Waals surface area contributed by atoms with E-state index in [0.717, 1.165) is 17.7 Å². The van der Waals surface area contributed by atoms with Gasteiger partial charge in [0.25, 0.3) is 0 Å². The Kier molecular flexibility index (Phi) is 5.24. The minimum absolute atomic E-state index is 0.166. The van der Waals surface area contributed by atoms with Gasteiger partial charge in [-0.25, -0.2) is 4.79 Å². The second kappa shape index (κ2) is 7.57. The number of aryl methyl sites for hydroxylation is 1. The second-order valence-corrected chi connectivity index (χ2v) is 6.51. The highest BCUT2D eigenvalue weighted by atomic mass is 35.5. The lowest BCUT2D eigenvalue weighted by atomic mass is 10.2. The Morgan fingerprint density at radius 3 is 2.56 bits per heavy atom. The lowest BCUT2D eigenvalue weighted by molar-refractivity contribution is -0.119. The van der Waals surface area contributed by atoms with Crippen LogP contribution in [0.15, 0.2) is 48.5 Å². The van der Waals surface area contributed by atoms with Crippen LogP contribution in [0.4, 0.5) is 16.2 Å². The number of amides is 3. The molecule has 1 heterocycles. The predicted molar refractivity (Wildman–Crippen MR) is 100 cm³/mol. The fraction of sp³-hybridized carbons (Fsp3) is 0.263. The zero-order valence-corrected chi connectivity index (χ0v) is 14.7. The van der Waals surface area contributed by atoms with E-state index in [9.17, 15) is 9.59 Å². The third-order valence-corrected chi connectivity index (χ3v) is 4.69. The highest BCUT2D eigenvalue weighted by Crippen LogP contribution is 2.23. The summed E-state index contributed by atoms with van der Waals surface area (Å²) in [4.78, 5) is 26.7. The van der Waals surface area contributed by atoms with Crippen LogP contribution in [0, 0.1) is 6.92 Å². The maximum absolute atomic E-state index is 12.6. The van der Waals surface area contributed by atoms with E-state index in [-0.39, 0.29) is 11.9 Å². The molecular weight excluding hydrogens is 338 g/mol. The summed E-state index contributed by atoms with van der Waals surface area (Å²) in [6.07, 6.45) is 1.45. The van der Waals surface area contributed by atoms with Gasteiger partial charge in [-0.2, -0.15) is 0 Å². The van der Waals surface area contributed by atoms with Crippen LogP contribution in [-0.2, 0) is 4.79 Å². The van der Waals surface area contributed by atoms with Crippen molar-refractivity contribution >= 4 is 34.9 Å². The molecule has 25 heavy (non-hydrogen) atoms.